The van der Waals surface area contributed by atoms with E-state index in [2.05, 4.69) is 15.4 Å². The molecule has 6 nitrogen and oxygen atoms in total. The molecule has 3 rings (SSSR count). The molecule has 0 aliphatic carbocycles. The van der Waals surface area contributed by atoms with Crippen molar-refractivity contribution in [3.05, 3.63) is 53.9 Å². The van der Waals surface area contributed by atoms with Crippen molar-refractivity contribution in [3.63, 3.8) is 0 Å². The highest BCUT2D eigenvalue weighted by Gasteiger charge is 2.13. The van der Waals surface area contributed by atoms with Crippen LogP contribution in [-0.2, 0) is 0 Å². The van der Waals surface area contributed by atoms with Gasteiger partial charge in [0.15, 0.2) is 5.65 Å². The largest absolute Gasteiger partial charge is 0.349 e. The number of benzene rings is 1. The molecule has 124 valence electrons. The van der Waals surface area contributed by atoms with Crippen LogP contribution in [0.3, 0.4) is 0 Å². The zero-order chi connectivity index (χ0) is 17.1. The highest BCUT2D eigenvalue weighted by atomic mass is 16.1. The van der Waals surface area contributed by atoms with Gasteiger partial charge in [-0.05, 0) is 27.1 Å². The summed E-state index contributed by atoms with van der Waals surface area (Å²) in [5.41, 5.74) is 3.83. The molecule has 0 bridgehead atoms. The van der Waals surface area contributed by atoms with Crippen LogP contribution in [0.2, 0.25) is 0 Å². The number of likely N-dealkylation sites (N-methyl/N-ethyl adjacent to an activating group) is 1. The van der Waals surface area contributed by atoms with Crippen molar-refractivity contribution < 1.29 is 4.79 Å². The first kappa shape index (κ1) is 16.1. The van der Waals surface area contributed by atoms with Gasteiger partial charge in [0, 0.05) is 30.4 Å². The summed E-state index contributed by atoms with van der Waals surface area (Å²) in [5, 5.41) is 7.47. The van der Waals surface area contributed by atoms with E-state index in [1.54, 1.807) is 10.6 Å². The fraction of sp³-hybridized carbons (Fsp3) is 0.278. The summed E-state index contributed by atoms with van der Waals surface area (Å²) in [6.45, 7) is 3.30. The van der Waals surface area contributed by atoms with Gasteiger partial charge in [-0.3, -0.25) is 4.79 Å². The van der Waals surface area contributed by atoms with Crippen LogP contribution < -0.4 is 5.32 Å². The molecule has 6 heteroatoms. The minimum Gasteiger partial charge on any atom is -0.349 e. The number of carbonyl (C=O) groups excluding carboxylic acids is 1. The first-order valence-corrected chi connectivity index (χ1v) is 7.90. The maximum atomic E-state index is 12.3. The number of aromatic nitrogens is 3. The third kappa shape index (κ3) is 3.44. The fourth-order valence-corrected chi connectivity index (χ4v) is 2.48. The fourth-order valence-electron chi connectivity index (χ4n) is 2.48. The molecule has 0 saturated heterocycles. The molecule has 1 amide bonds. The third-order valence-electron chi connectivity index (χ3n) is 3.75. The van der Waals surface area contributed by atoms with Crippen LogP contribution in [-0.4, -0.2) is 52.6 Å². The maximum absolute atomic E-state index is 12.3. The number of rotatable bonds is 5. The van der Waals surface area contributed by atoms with Crippen molar-refractivity contribution in [2.75, 3.05) is 27.2 Å². The van der Waals surface area contributed by atoms with Crippen LogP contribution in [0.5, 0.6) is 0 Å². The molecule has 0 spiro atoms. The van der Waals surface area contributed by atoms with Crippen LogP contribution in [0, 0.1) is 6.92 Å². The SMILES string of the molecule is Cc1cc(C(=O)NCCN(C)C)nc2cc(-c3ccccc3)nn12. The van der Waals surface area contributed by atoms with Crippen molar-refractivity contribution in [2.45, 2.75) is 6.92 Å². The first-order valence-electron chi connectivity index (χ1n) is 7.90. The number of hydrogen-bond donors (Lipinski definition) is 1. The first-order chi connectivity index (χ1) is 11.5. The summed E-state index contributed by atoms with van der Waals surface area (Å²) in [7, 11) is 3.94. The Labute approximate surface area is 141 Å². The van der Waals surface area contributed by atoms with E-state index in [0.717, 1.165) is 23.5 Å². The van der Waals surface area contributed by atoms with Gasteiger partial charge < -0.3 is 10.2 Å². The maximum Gasteiger partial charge on any atom is 0.270 e. The van der Waals surface area contributed by atoms with Crippen molar-refractivity contribution in [1.29, 1.82) is 0 Å². The average molecular weight is 323 g/mol. The molecular formula is C18H21N5O. The molecule has 0 radical (unpaired) electrons. The Morgan fingerprint density at radius 2 is 1.96 bits per heavy atom. The van der Waals surface area contributed by atoms with Gasteiger partial charge in [-0.1, -0.05) is 30.3 Å². The van der Waals surface area contributed by atoms with Gasteiger partial charge >= 0.3 is 0 Å². The van der Waals surface area contributed by atoms with Gasteiger partial charge in [0.25, 0.3) is 5.91 Å². The number of nitrogens with one attached hydrogen (secondary N) is 1. The molecule has 0 atom stereocenters. The standard InChI is InChI=1S/C18H21N5O/c1-13-11-16(18(24)19-9-10-22(2)3)20-17-12-15(21-23(13)17)14-7-5-4-6-8-14/h4-8,11-12H,9-10H2,1-3H3,(H,19,24). The summed E-state index contributed by atoms with van der Waals surface area (Å²) >= 11 is 0. The zero-order valence-corrected chi connectivity index (χ0v) is 14.2. The van der Waals surface area contributed by atoms with E-state index >= 15 is 0 Å². The van der Waals surface area contributed by atoms with Gasteiger partial charge in [0.2, 0.25) is 0 Å². The van der Waals surface area contributed by atoms with Gasteiger partial charge in [0.1, 0.15) is 5.69 Å². The number of amides is 1. The summed E-state index contributed by atoms with van der Waals surface area (Å²) in [4.78, 5) is 18.8. The van der Waals surface area contributed by atoms with E-state index in [4.69, 9.17) is 0 Å². The van der Waals surface area contributed by atoms with Crippen LogP contribution in [0.25, 0.3) is 16.9 Å². The molecule has 2 aromatic heterocycles. The molecule has 1 aromatic carbocycles. The molecule has 0 aliphatic rings. The Morgan fingerprint density at radius 3 is 2.67 bits per heavy atom. The molecular weight excluding hydrogens is 302 g/mol. The van der Waals surface area contributed by atoms with Crippen molar-refractivity contribution in [2.24, 2.45) is 0 Å². The third-order valence-corrected chi connectivity index (χ3v) is 3.75. The number of carbonyl (C=O) groups is 1. The van der Waals surface area contributed by atoms with Crippen molar-refractivity contribution in [1.82, 2.24) is 24.8 Å². The Morgan fingerprint density at radius 1 is 1.21 bits per heavy atom. The minimum absolute atomic E-state index is 0.162. The lowest BCUT2D eigenvalue weighted by molar-refractivity contribution is 0.0946. The molecule has 3 aromatic rings. The second-order valence-electron chi connectivity index (χ2n) is 6.01. The summed E-state index contributed by atoms with van der Waals surface area (Å²) in [6.07, 6.45) is 0. The van der Waals surface area contributed by atoms with Crippen molar-refractivity contribution in [3.8, 4) is 11.3 Å². The number of fused-ring (bicyclic) bond motifs is 1. The Balaban J connectivity index is 1.88. The van der Waals surface area contributed by atoms with Gasteiger partial charge in [-0.15, -0.1) is 0 Å². The lowest BCUT2D eigenvalue weighted by Crippen LogP contribution is -2.32. The average Bonchev–Trinajstić information content (AvgIpc) is 3.00. The van der Waals surface area contributed by atoms with E-state index in [1.165, 1.54) is 0 Å². The second-order valence-corrected chi connectivity index (χ2v) is 6.01. The smallest absolute Gasteiger partial charge is 0.270 e. The Bertz CT molecular complexity index is 854. The van der Waals surface area contributed by atoms with Gasteiger partial charge in [-0.25, -0.2) is 9.50 Å². The molecule has 0 aliphatic heterocycles. The van der Waals surface area contributed by atoms with E-state index in [9.17, 15) is 4.79 Å². The zero-order valence-electron chi connectivity index (χ0n) is 14.2. The lowest BCUT2D eigenvalue weighted by atomic mass is 10.2. The van der Waals surface area contributed by atoms with Crippen LogP contribution >= 0.6 is 0 Å². The molecule has 0 fully saturated rings. The Kier molecular flexibility index (Phi) is 4.57. The normalized spacial score (nSPS) is 11.2. The van der Waals surface area contributed by atoms with E-state index in [0.29, 0.717) is 17.9 Å². The predicted octanol–water partition coefficient (Wildman–Crippen LogP) is 2.00. The second kappa shape index (κ2) is 6.80. The number of aryl methyl sites for hydroxylation is 1. The molecule has 24 heavy (non-hydrogen) atoms. The van der Waals surface area contributed by atoms with E-state index in [-0.39, 0.29) is 5.91 Å². The van der Waals surface area contributed by atoms with Crippen LogP contribution in [0.4, 0.5) is 0 Å². The van der Waals surface area contributed by atoms with Gasteiger partial charge in [-0.2, -0.15) is 5.10 Å². The highest BCUT2D eigenvalue weighted by Crippen LogP contribution is 2.19. The van der Waals surface area contributed by atoms with Gasteiger partial charge in [0.05, 0.1) is 5.69 Å². The van der Waals surface area contributed by atoms with Crippen molar-refractivity contribution >= 4 is 11.6 Å². The quantitative estimate of drug-likeness (QED) is 0.780. The highest BCUT2D eigenvalue weighted by molar-refractivity contribution is 5.92. The predicted molar refractivity (Wildman–Crippen MR) is 94.0 cm³/mol. The minimum atomic E-state index is -0.162. The van der Waals surface area contributed by atoms with E-state index < -0.39 is 0 Å². The molecule has 1 N–H and O–H groups in total. The van der Waals surface area contributed by atoms with Crippen LogP contribution in [0.1, 0.15) is 16.2 Å². The van der Waals surface area contributed by atoms with E-state index in [1.807, 2.05) is 62.3 Å². The topological polar surface area (TPSA) is 62.5 Å². The number of hydrogen-bond acceptors (Lipinski definition) is 4. The monoisotopic (exact) mass is 323 g/mol. The lowest BCUT2D eigenvalue weighted by Gasteiger charge is -2.10. The summed E-state index contributed by atoms with van der Waals surface area (Å²) < 4.78 is 1.76. The molecule has 0 unspecified atom stereocenters. The number of nitrogens with zero attached hydrogens (tertiary/aromatic N) is 4. The van der Waals surface area contributed by atoms with Crippen LogP contribution in [0.15, 0.2) is 42.5 Å². The molecule has 0 saturated carbocycles. The Hall–Kier alpha value is -2.73. The summed E-state index contributed by atoms with van der Waals surface area (Å²) in [6, 6.07) is 13.6. The molecule has 2 heterocycles. The summed E-state index contributed by atoms with van der Waals surface area (Å²) in [5.74, 6) is -0.162.